The zero-order valence-electron chi connectivity index (χ0n) is 17.1. The van der Waals surface area contributed by atoms with Crippen molar-refractivity contribution in [1.82, 2.24) is 15.1 Å². The van der Waals surface area contributed by atoms with E-state index in [9.17, 15) is 18.8 Å². The van der Waals surface area contributed by atoms with E-state index in [2.05, 4.69) is 10.2 Å². The molecule has 0 unspecified atom stereocenters. The molecule has 2 aliphatic heterocycles. The van der Waals surface area contributed by atoms with E-state index in [0.29, 0.717) is 17.7 Å². The lowest BCUT2D eigenvalue weighted by Gasteiger charge is -2.26. The van der Waals surface area contributed by atoms with Crippen LogP contribution >= 0.6 is 0 Å². The number of carbonyl (C=O) groups excluding carboxylic acids is 3. The first kappa shape index (κ1) is 21.1. The predicted octanol–water partition coefficient (Wildman–Crippen LogP) is 2.07. The minimum Gasteiger partial charge on any atom is -0.379 e. The van der Waals surface area contributed by atoms with Crippen molar-refractivity contribution in [3.8, 4) is 0 Å². The number of imide groups is 1. The molecule has 2 aromatic rings. The quantitative estimate of drug-likeness (QED) is 0.543. The van der Waals surface area contributed by atoms with Crippen molar-refractivity contribution >= 4 is 17.7 Å². The maximum Gasteiger partial charge on any atom is 0.261 e. The van der Waals surface area contributed by atoms with Crippen molar-refractivity contribution in [3.05, 3.63) is 70.5 Å². The average molecular weight is 425 g/mol. The van der Waals surface area contributed by atoms with Crippen LogP contribution in [0.5, 0.6) is 0 Å². The number of hydrogen-bond donors (Lipinski definition) is 1. The minimum atomic E-state index is -0.453. The van der Waals surface area contributed by atoms with Gasteiger partial charge in [0.05, 0.1) is 30.9 Å². The van der Waals surface area contributed by atoms with Crippen molar-refractivity contribution in [3.63, 3.8) is 0 Å². The molecule has 0 radical (unpaired) electrons. The van der Waals surface area contributed by atoms with Crippen LogP contribution in [0.4, 0.5) is 4.39 Å². The first-order valence-electron chi connectivity index (χ1n) is 10.4. The first-order valence-corrected chi connectivity index (χ1v) is 10.4. The highest BCUT2D eigenvalue weighted by Crippen LogP contribution is 2.25. The van der Waals surface area contributed by atoms with Crippen molar-refractivity contribution in [2.24, 2.45) is 0 Å². The van der Waals surface area contributed by atoms with Gasteiger partial charge in [-0.15, -0.1) is 0 Å². The number of halogens is 1. The number of amides is 3. The Hall–Kier alpha value is -3.10. The third-order valence-corrected chi connectivity index (χ3v) is 5.53. The highest BCUT2D eigenvalue weighted by atomic mass is 19.1. The van der Waals surface area contributed by atoms with E-state index in [1.165, 1.54) is 36.4 Å². The van der Waals surface area contributed by atoms with Gasteiger partial charge < -0.3 is 10.1 Å². The molecule has 0 spiro atoms. The Balaban J connectivity index is 1.35. The van der Waals surface area contributed by atoms with E-state index in [1.54, 1.807) is 6.07 Å². The summed E-state index contributed by atoms with van der Waals surface area (Å²) in [5.41, 5.74) is 1.48. The van der Waals surface area contributed by atoms with Gasteiger partial charge in [-0.25, -0.2) is 4.39 Å². The van der Waals surface area contributed by atoms with Crippen LogP contribution in [0.1, 0.15) is 43.1 Å². The fourth-order valence-corrected chi connectivity index (χ4v) is 3.78. The summed E-state index contributed by atoms with van der Waals surface area (Å²) in [6, 6.07) is 10.2. The van der Waals surface area contributed by atoms with Crippen LogP contribution in [-0.4, -0.2) is 66.9 Å². The van der Waals surface area contributed by atoms with E-state index in [0.717, 1.165) is 44.2 Å². The van der Waals surface area contributed by atoms with Crippen LogP contribution in [0.15, 0.2) is 42.5 Å². The Labute approximate surface area is 179 Å². The predicted molar refractivity (Wildman–Crippen MR) is 111 cm³/mol. The molecule has 0 atom stereocenters. The van der Waals surface area contributed by atoms with Gasteiger partial charge in [-0.2, -0.15) is 0 Å². The normalized spacial score (nSPS) is 16.5. The van der Waals surface area contributed by atoms with Gasteiger partial charge in [-0.3, -0.25) is 24.2 Å². The topological polar surface area (TPSA) is 79.0 Å². The second-order valence-corrected chi connectivity index (χ2v) is 7.65. The van der Waals surface area contributed by atoms with Gasteiger partial charge in [0, 0.05) is 25.2 Å². The third kappa shape index (κ3) is 4.81. The van der Waals surface area contributed by atoms with Gasteiger partial charge in [-0.05, 0) is 48.9 Å². The maximum absolute atomic E-state index is 13.1. The molecule has 8 heteroatoms. The molecule has 7 nitrogen and oxygen atoms in total. The Morgan fingerprint density at radius 3 is 2.45 bits per heavy atom. The van der Waals surface area contributed by atoms with E-state index in [4.69, 9.17) is 4.74 Å². The van der Waals surface area contributed by atoms with Gasteiger partial charge in [0.2, 0.25) is 0 Å². The summed E-state index contributed by atoms with van der Waals surface area (Å²) < 4.78 is 18.4. The number of fused-ring (bicyclic) bond motifs is 1. The summed E-state index contributed by atoms with van der Waals surface area (Å²) in [5.74, 6) is -1.53. The molecular weight excluding hydrogens is 401 g/mol. The zero-order chi connectivity index (χ0) is 21.8. The summed E-state index contributed by atoms with van der Waals surface area (Å²) in [6.45, 7) is 4.76. The minimum absolute atomic E-state index is 0.0513. The van der Waals surface area contributed by atoms with E-state index in [1.807, 2.05) is 0 Å². The molecule has 2 aromatic carbocycles. The number of nitrogens with zero attached hydrogens (tertiary/aromatic N) is 2. The van der Waals surface area contributed by atoms with Crippen molar-refractivity contribution in [2.75, 3.05) is 39.4 Å². The largest absolute Gasteiger partial charge is 0.379 e. The molecule has 1 saturated heterocycles. The highest BCUT2D eigenvalue weighted by molar-refractivity contribution is 6.22. The van der Waals surface area contributed by atoms with Gasteiger partial charge in [0.1, 0.15) is 5.82 Å². The molecule has 2 aliphatic rings. The zero-order valence-corrected chi connectivity index (χ0v) is 17.1. The van der Waals surface area contributed by atoms with E-state index >= 15 is 0 Å². The molecule has 0 aromatic heterocycles. The number of morpholine rings is 1. The van der Waals surface area contributed by atoms with Crippen LogP contribution in [-0.2, 0) is 11.3 Å². The Kier molecular flexibility index (Phi) is 6.39. The number of nitrogens with one attached hydrogen (secondary N) is 1. The SMILES string of the molecule is O=C(NCCCN1CCOCC1)c1ccc2c(c1)C(=O)N(Cc1ccc(F)cc1)C2=O. The monoisotopic (exact) mass is 425 g/mol. The number of benzene rings is 2. The van der Waals surface area contributed by atoms with Gasteiger partial charge >= 0.3 is 0 Å². The molecule has 162 valence electrons. The Morgan fingerprint density at radius 1 is 1.00 bits per heavy atom. The van der Waals surface area contributed by atoms with Gasteiger partial charge in [0.25, 0.3) is 17.7 Å². The van der Waals surface area contributed by atoms with E-state index in [-0.39, 0.29) is 29.4 Å². The summed E-state index contributed by atoms with van der Waals surface area (Å²) in [4.78, 5) is 41.3. The highest BCUT2D eigenvalue weighted by Gasteiger charge is 2.36. The van der Waals surface area contributed by atoms with E-state index < -0.39 is 11.8 Å². The van der Waals surface area contributed by atoms with Crippen LogP contribution < -0.4 is 5.32 Å². The summed E-state index contributed by atoms with van der Waals surface area (Å²) in [6.07, 6.45) is 0.819. The molecule has 1 fully saturated rings. The molecule has 31 heavy (non-hydrogen) atoms. The lowest BCUT2D eigenvalue weighted by atomic mass is 10.1. The molecule has 0 bridgehead atoms. The van der Waals surface area contributed by atoms with Crippen molar-refractivity contribution < 1.29 is 23.5 Å². The lowest BCUT2D eigenvalue weighted by molar-refractivity contribution is 0.0374. The van der Waals surface area contributed by atoms with Crippen LogP contribution in [0.25, 0.3) is 0 Å². The van der Waals surface area contributed by atoms with Gasteiger partial charge in [-0.1, -0.05) is 12.1 Å². The molecule has 3 amide bonds. The average Bonchev–Trinajstić information content (AvgIpc) is 3.03. The smallest absolute Gasteiger partial charge is 0.261 e. The number of hydrogen-bond acceptors (Lipinski definition) is 5. The molecule has 0 aliphatic carbocycles. The Bertz CT molecular complexity index is 987. The molecule has 4 rings (SSSR count). The second-order valence-electron chi connectivity index (χ2n) is 7.65. The molecular formula is C23H24FN3O4. The van der Waals surface area contributed by atoms with Crippen LogP contribution in [0.3, 0.4) is 0 Å². The maximum atomic E-state index is 13.1. The molecule has 2 heterocycles. The Morgan fingerprint density at radius 2 is 1.71 bits per heavy atom. The van der Waals surface area contributed by atoms with Crippen LogP contribution in [0, 0.1) is 5.82 Å². The molecule has 1 N–H and O–H groups in total. The third-order valence-electron chi connectivity index (χ3n) is 5.53. The standard InChI is InChI=1S/C23H24FN3O4/c24-18-5-2-16(3-6-18)15-27-22(29)19-7-4-17(14-20(19)23(27)30)21(28)25-8-1-9-26-10-12-31-13-11-26/h2-7,14H,1,8-13,15H2,(H,25,28). The van der Waals surface area contributed by atoms with Crippen LogP contribution in [0.2, 0.25) is 0 Å². The number of ether oxygens (including phenoxy) is 1. The van der Waals surface area contributed by atoms with Crippen molar-refractivity contribution in [1.29, 1.82) is 0 Å². The second kappa shape index (κ2) is 9.36. The summed E-state index contributed by atoms with van der Waals surface area (Å²) in [7, 11) is 0. The number of carbonyl (C=O) groups is 3. The fraction of sp³-hybridized carbons (Fsp3) is 0.348. The molecule has 0 saturated carbocycles. The summed E-state index contributed by atoms with van der Waals surface area (Å²) in [5, 5.41) is 2.87. The number of rotatable bonds is 7. The fourth-order valence-electron chi connectivity index (χ4n) is 3.78. The first-order chi connectivity index (χ1) is 15.0. The summed E-state index contributed by atoms with van der Waals surface area (Å²) >= 11 is 0. The van der Waals surface area contributed by atoms with Crippen molar-refractivity contribution in [2.45, 2.75) is 13.0 Å². The van der Waals surface area contributed by atoms with Gasteiger partial charge in [0.15, 0.2) is 0 Å². The lowest BCUT2D eigenvalue weighted by Crippen LogP contribution is -2.38.